The van der Waals surface area contributed by atoms with Crippen LogP contribution in [0.2, 0.25) is 10.0 Å². The van der Waals surface area contributed by atoms with Gasteiger partial charge in [0.1, 0.15) is 0 Å². The molecule has 0 aliphatic carbocycles. The first-order valence-corrected chi connectivity index (χ1v) is 7.22. The van der Waals surface area contributed by atoms with E-state index in [9.17, 15) is 5.11 Å². The standard InChI is InChI=1S/C14H12Cl2OS/c15-12-7-6-10(8-13(12)16)14(17)9-18-11-4-2-1-3-5-11/h1-8,14,17H,9H2. The van der Waals surface area contributed by atoms with Crippen LogP contribution in [0.25, 0.3) is 0 Å². The van der Waals surface area contributed by atoms with Crippen molar-refractivity contribution in [2.45, 2.75) is 11.0 Å². The molecular formula is C14H12Cl2OS. The van der Waals surface area contributed by atoms with Crippen LogP contribution in [-0.2, 0) is 0 Å². The predicted octanol–water partition coefficient (Wildman–Crippen LogP) is 4.82. The second kappa shape index (κ2) is 6.48. The van der Waals surface area contributed by atoms with Crippen molar-refractivity contribution < 1.29 is 5.11 Å². The van der Waals surface area contributed by atoms with Crippen molar-refractivity contribution in [1.29, 1.82) is 0 Å². The Morgan fingerprint density at radius 3 is 2.39 bits per heavy atom. The van der Waals surface area contributed by atoms with Crippen LogP contribution in [0.1, 0.15) is 11.7 Å². The summed E-state index contributed by atoms with van der Waals surface area (Å²) in [5.41, 5.74) is 0.785. The molecule has 0 spiro atoms. The highest BCUT2D eigenvalue weighted by Crippen LogP contribution is 2.29. The molecule has 0 radical (unpaired) electrons. The van der Waals surface area contributed by atoms with Crippen LogP contribution in [0.4, 0.5) is 0 Å². The van der Waals surface area contributed by atoms with Gasteiger partial charge in [0.05, 0.1) is 16.1 Å². The second-order valence-electron chi connectivity index (χ2n) is 3.81. The third-order valence-corrected chi connectivity index (χ3v) is 4.31. The molecule has 0 saturated heterocycles. The van der Waals surface area contributed by atoms with Crippen LogP contribution < -0.4 is 0 Å². The molecule has 0 aliphatic rings. The van der Waals surface area contributed by atoms with E-state index in [-0.39, 0.29) is 0 Å². The minimum atomic E-state index is -0.551. The molecule has 1 unspecified atom stereocenters. The minimum Gasteiger partial charge on any atom is -0.388 e. The molecule has 2 aromatic carbocycles. The maximum absolute atomic E-state index is 10.1. The van der Waals surface area contributed by atoms with E-state index in [1.807, 2.05) is 30.3 Å². The summed E-state index contributed by atoms with van der Waals surface area (Å²) in [6.45, 7) is 0. The van der Waals surface area contributed by atoms with Crippen LogP contribution in [0.5, 0.6) is 0 Å². The van der Waals surface area contributed by atoms with Crippen molar-refractivity contribution in [2.24, 2.45) is 0 Å². The molecule has 0 heterocycles. The van der Waals surface area contributed by atoms with Crippen molar-refractivity contribution in [3.63, 3.8) is 0 Å². The first-order valence-electron chi connectivity index (χ1n) is 5.47. The number of rotatable bonds is 4. The predicted molar refractivity (Wildman–Crippen MR) is 78.6 cm³/mol. The minimum absolute atomic E-state index is 0.470. The van der Waals surface area contributed by atoms with Crippen LogP contribution >= 0.6 is 35.0 Å². The van der Waals surface area contributed by atoms with Crippen LogP contribution in [-0.4, -0.2) is 10.9 Å². The quantitative estimate of drug-likeness (QED) is 0.817. The highest BCUT2D eigenvalue weighted by molar-refractivity contribution is 7.99. The summed E-state index contributed by atoms with van der Waals surface area (Å²) in [5, 5.41) is 11.0. The van der Waals surface area contributed by atoms with Gasteiger partial charge in [0.25, 0.3) is 0 Å². The van der Waals surface area contributed by atoms with Gasteiger partial charge >= 0.3 is 0 Å². The molecule has 0 aliphatic heterocycles. The van der Waals surface area contributed by atoms with Gasteiger partial charge in [-0.15, -0.1) is 11.8 Å². The number of halogens is 2. The highest BCUT2D eigenvalue weighted by atomic mass is 35.5. The molecular weight excluding hydrogens is 287 g/mol. The molecule has 1 N–H and O–H groups in total. The molecule has 18 heavy (non-hydrogen) atoms. The second-order valence-corrected chi connectivity index (χ2v) is 5.72. The lowest BCUT2D eigenvalue weighted by molar-refractivity contribution is 0.204. The lowest BCUT2D eigenvalue weighted by Crippen LogP contribution is -2.00. The maximum atomic E-state index is 10.1. The van der Waals surface area contributed by atoms with E-state index >= 15 is 0 Å². The Kier molecular flexibility index (Phi) is 4.95. The van der Waals surface area contributed by atoms with Gasteiger partial charge in [-0.05, 0) is 29.8 Å². The number of aliphatic hydroxyl groups excluding tert-OH is 1. The molecule has 0 bridgehead atoms. The Balaban J connectivity index is 1.99. The summed E-state index contributed by atoms with van der Waals surface area (Å²) in [6, 6.07) is 15.2. The SMILES string of the molecule is OC(CSc1ccccc1)c1ccc(Cl)c(Cl)c1. The lowest BCUT2D eigenvalue weighted by Gasteiger charge is -2.11. The number of benzene rings is 2. The number of hydrogen-bond donors (Lipinski definition) is 1. The van der Waals surface area contributed by atoms with Crippen LogP contribution in [0.15, 0.2) is 53.4 Å². The van der Waals surface area contributed by atoms with Crippen molar-refractivity contribution in [1.82, 2.24) is 0 Å². The Bertz CT molecular complexity index is 516. The summed E-state index contributed by atoms with van der Waals surface area (Å²) >= 11 is 13.4. The molecule has 4 heteroatoms. The monoisotopic (exact) mass is 298 g/mol. The van der Waals surface area contributed by atoms with E-state index in [1.54, 1.807) is 30.0 Å². The van der Waals surface area contributed by atoms with E-state index in [4.69, 9.17) is 23.2 Å². The number of aliphatic hydroxyl groups is 1. The Labute approximate surface area is 121 Å². The molecule has 0 aromatic heterocycles. The molecule has 0 fully saturated rings. The van der Waals surface area contributed by atoms with Gasteiger partial charge < -0.3 is 5.11 Å². The Morgan fingerprint density at radius 1 is 1.00 bits per heavy atom. The van der Waals surface area contributed by atoms with E-state index in [2.05, 4.69) is 0 Å². The fraction of sp³-hybridized carbons (Fsp3) is 0.143. The van der Waals surface area contributed by atoms with Crippen LogP contribution in [0, 0.1) is 0 Å². The Morgan fingerprint density at radius 2 is 1.72 bits per heavy atom. The first-order chi connectivity index (χ1) is 8.66. The average molecular weight is 299 g/mol. The molecule has 94 valence electrons. The highest BCUT2D eigenvalue weighted by Gasteiger charge is 2.10. The van der Waals surface area contributed by atoms with Crippen molar-refractivity contribution in [3.05, 3.63) is 64.1 Å². The van der Waals surface area contributed by atoms with Gasteiger partial charge in [-0.25, -0.2) is 0 Å². The van der Waals surface area contributed by atoms with Gasteiger partial charge in [-0.3, -0.25) is 0 Å². The summed E-state index contributed by atoms with van der Waals surface area (Å²) < 4.78 is 0. The van der Waals surface area contributed by atoms with E-state index < -0.39 is 6.10 Å². The average Bonchev–Trinajstić information content (AvgIpc) is 2.40. The van der Waals surface area contributed by atoms with Gasteiger partial charge in [0.15, 0.2) is 0 Å². The molecule has 0 saturated carbocycles. The molecule has 1 nitrogen and oxygen atoms in total. The lowest BCUT2D eigenvalue weighted by atomic mass is 10.1. The van der Waals surface area contributed by atoms with E-state index in [0.29, 0.717) is 15.8 Å². The van der Waals surface area contributed by atoms with Crippen molar-refractivity contribution >= 4 is 35.0 Å². The normalized spacial score (nSPS) is 12.4. The fourth-order valence-corrected chi connectivity index (χ4v) is 2.71. The summed E-state index contributed by atoms with van der Waals surface area (Å²) in [4.78, 5) is 1.14. The molecule has 2 rings (SSSR count). The third kappa shape index (κ3) is 3.66. The van der Waals surface area contributed by atoms with Crippen molar-refractivity contribution in [3.8, 4) is 0 Å². The fourth-order valence-electron chi connectivity index (χ4n) is 1.51. The van der Waals surface area contributed by atoms with Gasteiger partial charge in [0.2, 0.25) is 0 Å². The smallest absolute Gasteiger partial charge is 0.0884 e. The molecule has 1 atom stereocenters. The van der Waals surface area contributed by atoms with E-state index in [1.165, 1.54) is 0 Å². The Hall–Kier alpha value is -0.670. The molecule has 0 amide bonds. The zero-order valence-corrected chi connectivity index (χ0v) is 11.8. The maximum Gasteiger partial charge on any atom is 0.0884 e. The van der Waals surface area contributed by atoms with E-state index in [0.717, 1.165) is 10.5 Å². The van der Waals surface area contributed by atoms with Crippen molar-refractivity contribution in [2.75, 3.05) is 5.75 Å². The van der Waals surface area contributed by atoms with Gasteiger partial charge in [-0.2, -0.15) is 0 Å². The van der Waals surface area contributed by atoms with Crippen LogP contribution in [0.3, 0.4) is 0 Å². The first kappa shape index (κ1) is 13.8. The third-order valence-electron chi connectivity index (χ3n) is 2.48. The zero-order chi connectivity index (χ0) is 13.0. The largest absolute Gasteiger partial charge is 0.388 e. The summed E-state index contributed by atoms with van der Waals surface area (Å²) in [5.74, 6) is 0.585. The summed E-state index contributed by atoms with van der Waals surface area (Å²) in [7, 11) is 0. The molecule has 2 aromatic rings. The number of hydrogen-bond acceptors (Lipinski definition) is 2. The number of thioether (sulfide) groups is 1. The topological polar surface area (TPSA) is 20.2 Å². The van der Waals surface area contributed by atoms with Gasteiger partial charge in [0, 0.05) is 10.6 Å². The summed E-state index contributed by atoms with van der Waals surface area (Å²) in [6.07, 6.45) is -0.551. The zero-order valence-electron chi connectivity index (χ0n) is 9.51. The van der Waals surface area contributed by atoms with Gasteiger partial charge in [-0.1, -0.05) is 47.5 Å².